The molecule has 1 aromatic rings. The van der Waals surface area contributed by atoms with Crippen LogP contribution in [0.3, 0.4) is 0 Å². The quantitative estimate of drug-likeness (QED) is 0.844. The standard InChI is InChI=1S/C17H24N2O3S/c1-18-10-12-19(13-11-18)17(20)14-6-8-16(9-7-14)23(21,22)15-4-2-3-5-15/h6-9,15H,2-5,10-13H2,1H3. The van der Waals surface area contributed by atoms with Gasteiger partial charge in [0.2, 0.25) is 0 Å². The van der Waals surface area contributed by atoms with Crippen LogP contribution in [-0.2, 0) is 9.84 Å². The van der Waals surface area contributed by atoms with E-state index in [1.807, 2.05) is 11.9 Å². The van der Waals surface area contributed by atoms with E-state index in [1.165, 1.54) is 0 Å². The Morgan fingerprint density at radius 3 is 2.13 bits per heavy atom. The zero-order valence-electron chi connectivity index (χ0n) is 13.6. The van der Waals surface area contributed by atoms with Gasteiger partial charge in [0.05, 0.1) is 10.1 Å². The molecule has 1 aliphatic heterocycles. The fraction of sp³-hybridized carbons (Fsp3) is 0.588. The first-order valence-corrected chi connectivity index (χ1v) is 9.85. The first-order valence-electron chi connectivity index (χ1n) is 8.30. The summed E-state index contributed by atoms with van der Waals surface area (Å²) in [6, 6.07) is 6.50. The minimum Gasteiger partial charge on any atom is -0.336 e. The molecular formula is C17H24N2O3S. The summed E-state index contributed by atoms with van der Waals surface area (Å²) in [6.45, 7) is 3.19. The summed E-state index contributed by atoms with van der Waals surface area (Å²) in [5.74, 6) is -0.0112. The third-order valence-electron chi connectivity index (χ3n) is 4.96. The summed E-state index contributed by atoms with van der Waals surface area (Å²) in [6.07, 6.45) is 3.49. The minimum absolute atomic E-state index is 0.0112. The number of hydrogen-bond acceptors (Lipinski definition) is 4. The Bertz CT molecular complexity index is 656. The fourth-order valence-electron chi connectivity index (χ4n) is 3.37. The lowest BCUT2D eigenvalue weighted by molar-refractivity contribution is 0.0664. The molecule has 23 heavy (non-hydrogen) atoms. The molecule has 5 nitrogen and oxygen atoms in total. The molecule has 0 N–H and O–H groups in total. The molecule has 1 aromatic carbocycles. The van der Waals surface area contributed by atoms with Crippen molar-refractivity contribution in [1.29, 1.82) is 0 Å². The number of hydrogen-bond donors (Lipinski definition) is 0. The lowest BCUT2D eigenvalue weighted by Crippen LogP contribution is -2.47. The molecule has 1 aliphatic carbocycles. The van der Waals surface area contributed by atoms with E-state index in [0.29, 0.717) is 10.5 Å². The molecule has 0 spiro atoms. The molecule has 1 heterocycles. The van der Waals surface area contributed by atoms with Crippen molar-refractivity contribution < 1.29 is 13.2 Å². The number of piperazine rings is 1. The van der Waals surface area contributed by atoms with Crippen LogP contribution in [0.4, 0.5) is 0 Å². The van der Waals surface area contributed by atoms with E-state index in [0.717, 1.165) is 51.9 Å². The zero-order valence-corrected chi connectivity index (χ0v) is 14.4. The molecule has 6 heteroatoms. The van der Waals surface area contributed by atoms with E-state index in [-0.39, 0.29) is 11.2 Å². The highest BCUT2D eigenvalue weighted by Gasteiger charge is 2.30. The van der Waals surface area contributed by atoms with Gasteiger partial charge >= 0.3 is 0 Å². The highest BCUT2D eigenvalue weighted by Crippen LogP contribution is 2.29. The van der Waals surface area contributed by atoms with Gasteiger partial charge in [0.15, 0.2) is 9.84 Å². The molecule has 0 unspecified atom stereocenters. The van der Waals surface area contributed by atoms with Gasteiger partial charge in [-0.05, 0) is 44.2 Å². The SMILES string of the molecule is CN1CCN(C(=O)c2ccc(S(=O)(=O)C3CCCC3)cc2)CC1. The van der Waals surface area contributed by atoms with Crippen molar-refractivity contribution in [2.45, 2.75) is 35.8 Å². The van der Waals surface area contributed by atoms with E-state index in [9.17, 15) is 13.2 Å². The maximum absolute atomic E-state index is 12.6. The van der Waals surface area contributed by atoms with Crippen LogP contribution in [0, 0.1) is 0 Å². The monoisotopic (exact) mass is 336 g/mol. The van der Waals surface area contributed by atoms with Gasteiger partial charge in [-0.3, -0.25) is 4.79 Å². The van der Waals surface area contributed by atoms with E-state index >= 15 is 0 Å². The van der Waals surface area contributed by atoms with Crippen LogP contribution in [-0.4, -0.2) is 62.6 Å². The second kappa shape index (κ2) is 6.61. The molecule has 2 fully saturated rings. The lowest BCUT2D eigenvalue weighted by atomic mass is 10.2. The van der Waals surface area contributed by atoms with Crippen molar-refractivity contribution in [3.05, 3.63) is 29.8 Å². The number of rotatable bonds is 3. The molecule has 3 rings (SSSR count). The van der Waals surface area contributed by atoms with Gasteiger partial charge in [0.25, 0.3) is 5.91 Å². The summed E-state index contributed by atoms with van der Waals surface area (Å²) in [7, 11) is -1.20. The molecule has 126 valence electrons. The Kier molecular flexibility index (Phi) is 4.73. The van der Waals surface area contributed by atoms with Gasteiger partial charge in [-0.15, -0.1) is 0 Å². The van der Waals surface area contributed by atoms with Crippen LogP contribution in [0.1, 0.15) is 36.0 Å². The van der Waals surface area contributed by atoms with Gasteiger partial charge in [-0.1, -0.05) is 12.8 Å². The van der Waals surface area contributed by atoms with Gasteiger partial charge in [-0.25, -0.2) is 8.42 Å². The Morgan fingerprint density at radius 2 is 1.57 bits per heavy atom. The summed E-state index contributed by atoms with van der Waals surface area (Å²) in [4.78, 5) is 16.9. The Morgan fingerprint density at radius 1 is 1.00 bits per heavy atom. The molecule has 2 aliphatic rings. The largest absolute Gasteiger partial charge is 0.336 e. The molecule has 0 atom stereocenters. The number of carbonyl (C=O) groups is 1. The third kappa shape index (κ3) is 3.43. The maximum atomic E-state index is 12.6. The predicted molar refractivity (Wildman–Crippen MR) is 89.3 cm³/mol. The van der Waals surface area contributed by atoms with Crippen molar-refractivity contribution in [2.75, 3.05) is 33.2 Å². The number of sulfone groups is 1. The van der Waals surface area contributed by atoms with Gasteiger partial charge in [-0.2, -0.15) is 0 Å². The normalized spacial score (nSPS) is 20.8. The van der Waals surface area contributed by atoms with Crippen LogP contribution in [0.5, 0.6) is 0 Å². The van der Waals surface area contributed by atoms with E-state index in [4.69, 9.17) is 0 Å². The van der Waals surface area contributed by atoms with E-state index in [1.54, 1.807) is 24.3 Å². The minimum atomic E-state index is -3.24. The third-order valence-corrected chi connectivity index (χ3v) is 7.24. The maximum Gasteiger partial charge on any atom is 0.253 e. The van der Waals surface area contributed by atoms with Crippen molar-refractivity contribution in [1.82, 2.24) is 9.80 Å². The zero-order chi connectivity index (χ0) is 16.4. The number of likely N-dealkylation sites (N-methyl/N-ethyl adjacent to an activating group) is 1. The molecular weight excluding hydrogens is 312 g/mol. The summed E-state index contributed by atoms with van der Waals surface area (Å²) in [5, 5.41) is -0.248. The van der Waals surface area contributed by atoms with Gasteiger partial charge < -0.3 is 9.80 Å². The van der Waals surface area contributed by atoms with Gasteiger partial charge in [0.1, 0.15) is 0 Å². The van der Waals surface area contributed by atoms with E-state index in [2.05, 4.69) is 4.90 Å². The fourth-order valence-corrected chi connectivity index (χ4v) is 5.22. The topological polar surface area (TPSA) is 57.7 Å². The molecule has 1 saturated heterocycles. The van der Waals surface area contributed by atoms with Crippen LogP contribution in [0.25, 0.3) is 0 Å². The summed E-state index contributed by atoms with van der Waals surface area (Å²) in [5.41, 5.74) is 0.569. The number of nitrogens with zero attached hydrogens (tertiary/aromatic N) is 2. The Labute approximate surface area is 138 Å². The van der Waals surface area contributed by atoms with Gasteiger partial charge in [0, 0.05) is 31.7 Å². The van der Waals surface area contributed by atoms with E-state index < -0.39 is 9.84 Å². The smallest absolute Gasteiger partial charge is 0.253 e. The second-order valence-electron chi connectivity index (χ2n) is 6.57. The van der Waals surface area contributed by atoms with Crippen molar-refractivity contribution in [3.63, 3.8) is 0 Å². The van der Waals surface area contributed by atoms with Crippen LogP contribution < -0.4 is 0 Å². The highest BCUT2D eigenvalue weighted by atomic mass is 32.2. The van der Waals surface area contributed by atoms with Crippen LogP contribution >= 0.6 is 0 Å². The molecule has 0 aromatic heterocycles. The average molecular weight is 336 g/mol. The number of carbonyl (C=O) groups excluding carboxylic acids is 1. The highest BCUT2D eigenvalue weighted by molar-refractivity contribution is 7.92. The Hall–Kier alpha value is -1.40. The van der Waals surface area contributed by atoms with Crippen molar-refractivity contribution in [2.24, 2.45) is 0 Å². The number of amides is 1. The van der Waals surface area contributed by atoms with Crippen LogP contribution in [0.15, 0.2) is 29.2 Å². The first kappa shape index (κ1) is 16.5. The molecule has 1 amide bonds. The van der Waals surface area contributed by atoms with Crippen molar-refractivity contribution in [3.8, 4) is 0 Å². The number of benzene rings is 1. The Balaban J connectivity index is 1.73. The lowest BCUT2D eigenvalue weighted by Gasteiger charge is -2.32. The van der Waals surface area contributed by atoms with Crippen molar-refractivity contribution >= 4 is 15.7 Å². The molecule has 0 radical (unpaired) electrons. The predicted octanol–water partition coefficient (Wildman–Crippen LogP) is 1.79. The van der Waals surface area contributed by atoms with Crippen LogP contribution in [0.2, 0.25) is 0 Å². The average Bonchev–Trinajstić information content (AvgIpc) is 3.10. The molecule has 1 saturated carbocycles. The first-order chi connectivity index (χ1) is 11.0. The summed E-state index contributed by atoms with van der Waals surface area (Å²) < 4.78 is 25.1. The molecule has 0 bridgehead atoms. The summed E-state index contributed by atoms with van der Waals surface area (Å²) >= 11 is 0. The second-order valence-corrected chi connectivity index (χ2v) is 8.80.